The summed E-state index contributed by atoms with van der Waals surface area (Å²) in [7, 11) is 0. The number of hydrogen-bond acceptors (Lipinski definition) is 6. The molecule has 1 heterocycles. The van der Waals surface area contributed by atoms with Crippen LogP contribution < -0.4 is 20.1 Å². The zero-order chi connectivity index (χ0) is 25.1. The second-order valence-electron chi connectivity index (χ2n) is 7.80. The summed E-state index contributed by atoms with van der Waals surface area (Å²) in [4.78, 5) is 36.7. The Hall–Kier alpha value is -4.37. The summed E-state index contributed by atoms with van der Waals surface area (Å²) >= 11 is 5.86. The molecule has 10 heteroatoms. The Labute approximate surface area is 205 Å². The molecule has 178 valence electrons. The highest BCUT2D eigenvalue weighted by molar-refractivity contribution is 6.32. The van der Waals surface area contributed by atoms with Crippen LogP contribution in [0.25, 0.3) is 6.08 Å². The lowest BCUT2D eigenvalue weighted by Gasteiger charge is -2.12. The lowest BCUT2D eigenvalue weighted by molar-refractivity contribution is -0.384. The van der Waals surface area contributed by atoms with E-state index >= 15 is 0 Å². The Morgan fingerprint density at radius 2 is 1.77 bits per heavy atom. The average molecular weight is 494 g/mol. The van der Waals surface area contributed by atoms with Crippen molar-refractivity contribution in [1.82, 2.24) is 5.32 Å². The van der Waals surface area contributed by atoms with Crippen molar-refractivity contribution < 1.29 is 24.0 Å². The van der Waals surface area contributed by atoms with E-state index in [0.29, 0.717) is 22.6 Å². The number of halogens is 1. The van der Waals surface area contributed by atoms with Crippen molar-refractivity contribution in [3.8, 4) is 11.5 Å². The van der Waals surface area contributed by atoms with Gasteiger partial charge in [0.05, 0.1) is 4.92 Å². The molecule has 0 spiro atoms. The molecule has 0 radical (unpaired) electrons. The summed E-state index contributed by atoms with van der Waals surface area (Å²) in [5, 5.41) is 16.4. The number of carbonyl (C=O) groups is 2. The Kier molecular flexibility index (Phi) is 6.70. The van der Waals surface area contributed by atoms with Crippen molar-refractivity contribution in [1.29, 1.82) is 0 Å². The van der Waals surface area contributed by atoms with Gasteiger partial charge in [-0.05, 0) is 73.0 Å². The third kappa shape index (κ3) is 5.42. The number of aryl methyl sites for hydroxylation is 2. The van der Waals surface area contributed by atoms with Gasteiger partial charge in [-0.1, -0.05) is 23.7 Å². The SMILES string of the molecule is Cc1ccc(C(=O)N/C(=C\c2ccc3c(c2)OCO3)C(=O)Nc2ccc(Cl)c([N+](=O)[O-])c2)cc1C. The number of fused-ring (bicyclic) bond motifs is 1. The van der Waals surface area contributed by atoms with E-state index in [1.165, 1.54) is 18.2 Å². The number of nitrogens with one attached hydrogen (secondary N) is 2. The maximum atomic E-state index is 13.2. The highest BCUT2D eigenvalue weighted by atomic mass is 35.5. The predicted octanol–water partition coefficient (Wildman–Crippen LogP) is 5.00. The minimum atomic E-state index is -0.684. The van der Waals surface area contributed by atoms with Gasteiger partial charge in [0.1, 0.15) is 10.7 Å². The molecule has 1 aliphatic heterocycles. The highest BCUT2D eigenvalue weighted by Crippen LogP contribution is 2.33. The molecule has 0 saturated heterocycles. The van der Waals surface area contributed by atoms with Gasteiger partial charge in [0.15, 0.2) is 11.5 Å². The maximum Gasteiger partial charge on any atom is 0.289 e. The molecule has 1 aliphatic rings. The molecule has 0 bridgehead atoms. The number of ether oxygens (including phenoxy) is 2. The molecule has 9 nitrogen and oxygen atoms in total. The number of amides is 2. The van der Waals surface area contributed by atoms with Crippen LogP contribution in [0.15, 0.2) is 60.3 Å². The first-order chi connectivity index (χ1) is 16.7. The van der Waals surface area contributed by atoms with Gasteiger partial charge in [-0.25, -0.2) is 0 Å². The van der Waals surface area contributed by atoms with Crippen molar-refractivity contribution in [3.05, 3.63) is 97.7 Å². The van der Waals surface area contributed by atoms with Crippen molar-refractivity contribution in [2.45, 2.75) is 13.8 Å². The Morgan fingerprint density at radius 1 is 1.00 bits per heavy atom. The maximum absolute atomic E-state index is 13.2. The standard InChI is InChI=1S/C25H20ClN3O6/c1-14-3-5-17(9-15(14)2)24(30)28-20(10-16-4-8-22-23(11-16)35-13-34-22)25(31)27-18-6-7-19(26)21(12-18)29(32)33/h3-12H,13H2,1-2H3,(H,27,31)(H,28,30)/b20-10-. The normalized spacial score (nSPS) is 12.3. The molecule has 0 unspecified atom stereocenters. The van der Waals surface area contributed by atoms with Gasteiger partial charge in [0.25, 0.3) is 17.5 Å². The van der Waals surface area contributed by atoms with Gasteiger partial charge < -0.3 is 20.1 Å². The summed E-state index contributed by atoms with van der Waals surface area (Å²) in [6, 6.07) is 14.2. The van der Waals surface area contributed by atoms with Crippen LogP contribution in [0.5, 0.6) is 11.5 Å². The number of rotatable bonds is 6. The van der Waals surface area contributed by atoms with E-state index in [2.05, 4.69) is 10.6 Å². The molecular weight excluding hydrogens is 474 g/mol. The van der Waals surface area contributed by atoms with Gasteiger partial charge in [-0.2, -0.15) is 0 Å². The fraction of sp³-hybridized carbons (Fsp3) is 0.120. The lowest BCUT2D eigenvalue weighted by atomic mass is 10.1. The zero-order valence-electron chi connectivity index (χ0n) is 18.8. The van der Waals surface area contributed by atoms with Gasteiger partial charge in [-0.3, -0.25) is 19.7 Å². The quantitative estimate of drug-likeness (QED) is 0.283. The second-order valence-corrected chi connectivity index (χ2v) is 8.21. The largest absolute Gasteiger partial charge is 0.454 e. The first-order valence-corrected chi connectivity index (χ1v) is 10.8. The van der Waals surface area contributed by atoms with E-state index in [4.69, 9.17) is 21.1 Å². The van der Waals surface area contributed by atoms with Crippen molar-refractivity contribution in [3.63, 3.8) is 0 Å². The van der Waals surface area contributed by atoms with Crippen LogP contribution in [-0.2, 0) is 4.79 Å². The first kappa shape index (κ1) is 23.8. The monoisotopic (exact) mass is 493 g/mol. The molecular formula is C25H20ClN3O6. The fourth-order valence-corrected chi connectivity index (χ4v) is 3.52. The molecule has 2 N–H and O–H groups in total. The van der Waals surface area contributed by atoms with Gasteiger partial charge in [0, 0.05) is 17.3 Å². The topological polar surface area (TPSA) is 120 Å². The lowest BCUT2D eigenvalue weighted by Crippen LogP contribution is -2.30. The minimum Gasteiger partial charge on any atom is -0.454 e. The van der Waals surface area contributed by atoms with Crippen LogP contribution in [-0.4, -0.2) is 23.5 Å². The van der Waals surface area contributed by atoms with Crippen LogP contribution in [0.1, 0.15) is 27.0 Å². The molecule has 0 aliphatic carbocycles. The number of benzene rings is 3. The fourth-order valence-electron chi connectivity index (χ4n) is 3.33. The Bertz CT molecular complexity index is 1390. The van der Waals surface area contributed by atoms with Crippen LogP contribution in [0.2, 0.25) is 5.02 Å². The van der Waals surface area contributed by atoms with Crippen LogP contribution >= 0.6 is 11.6 Å². The van der Waals surface area contributed by atoms with Crippen LogP contribution in [0.3, 0.4) is 0 Å². The van der Waals surface area contributed by atoms with E-state index in [0.717, 1.165) is 17.2 Å². The van der Waals surface area contributed by atoms with Gasteiger partial charge >= 0.3 is 0 Å². The number of hydrogen-bond donors (Lipinski definition) is 2. The summed E-state index contributed by atoms with van der Waals surface area (Å²) in [6.07, 6.45) is 1.47. The summed E-state index contributed by atoms with van der Waals surface area (Å²) in [5.74, 6) is -0.0955. The predicted molar refractivity (Wildman–Crippen MR) is 131 cm³/mol. The van der Waals surface area contributed by atoms with Crippen LogP contribution in [0, 0.1) is 24.0 Å². The smallest absolute Gasteiger partial charge is 0.289 e. The molecule has 2 amide bonds. The molecule has 0 saturated carbocycles. The van der Waals surface area contributed by atoms with E-state index < -0.39 is 16.7 Å². The number of anilines is 1. The van der Waals surface area contributed by atoms with Crippen molar-refractivity contribution >= 4 is 40.9 Å². The van der Waals surface area contributed by atoms with E-state index in [9.17, 15) is 19.7 Å². The summed E-state index contributed by atoms with van der Waals surface area (Å²) in [5.41, 5.74) is 2.61. The molecule has 3 aromatic carbocycles. The molecule has 4 rings (SSSR count). The molecule has 0 aromatic heterocycles. The minimum absolute atomic E-state index is 0.0628. The third-order valence-corrected chi connectivity index (χ3v) is 5.69. The number of nitro benzene ring substituents is 1. The average Bonchev–Trinajstić information content (AvgIpc) is 3.29. The highest BCUT2D eigenvalue weighted by Gasteiger charge is 2.19. The van der Waals surface area contributed by atoms with Crippen molar-refractivity contribution in [2.75, 3.05) is 12.1 Å². The van der Waals surface area contributed by atoms with Crippen molar-refractivity contribution in [2.24, 2.45) is 0 Å². The Balaban J connectivity index is 1.66. The second kappa shape index (κ2) is 9.86. The summed E-state index contributed by atoms with van der Waals surface area (Å²) < 4.78 is 10.7. The van der Waals surface area contributed by atoms with Crippen LogP contribution in [0.4, 0.5) is 11.4 Å². The zero-order valence-corrected chi connectivity index (χ0v) is 19.5. The van der Waals surface area contributed by atoms with Gasteiger partial charge in [0.2, 0.25) is 6.79 Å². The Morgan fingerprint density at radius 3 is 2.51 bits per heavy atom. The number of nitrogens with zero attached hydrogens (tertiary/aromatic N) is 1. The van der Waals surface area contributed by atoms with E-state index in [-0.39, 0.29) is 28.9 Å². The third-order valence-electron chi connectivity index (χ3n) is 5.37. The summed E-state index contributed by atoms with van der Waals surface area (Å²) in [6.45, 7) is 3.91. The van der Waals surface area contributed by atoms with Gasteiger partial charge in [-0.15, -0.1) is 0 Å². The number of carbonyl (C=O) groups excluding carboxylic acids is 2. The number of nitro groups is 1. The molecule has 0 fully saturated rings. The first-order valence-electron chi connectivity index (χ1n) is 10.5. The van der Waals surface area contributed by atoms with E-state index in [1.807, 2.05) is 19.9 Å². The molecule has 3 aromatic rings. The van der Waals surface area contributed by atoms with E-state index in [1.54, 1.807) is 30.3 Å². The molecule has 35 heavy (non-hydrogen) atoms. The molecule has 0 atom stereocenters.